The van der Waals surface area contributed by atoms with Crippen molar-refractivity contribution in [2.75, 3.05) is 18.4 Å². The zero-order valence-electron chi connectivity index (χ0n) is 25.7. The van der Waals surface area contributed by atoms with Crippen molar-refractivity contribution < 1.29 is 13.9 Å². The molecule has 226 valence electrons. The molecule has 1 fully saturated rings. The molecule has 2 atom stereocenters. The third-order valence-electron chi connectivity index (χ3n) is 7.21. The van der Waals surface area contributed by atoms with Crippen molar-refractivity contribution in [3.63, 3.8) is 0 Å². The largest absolute Gasteiger partial charge is 0.444 e. The maximum atomic E-state index is 14.9. The van der Waals surface area contributed by atoms with Crippen LogP contribution in [0.5, 0.6) is 0 Å². The summed E-state index contributed by atoms with van der Waals surface area (Å²) in [6, 6.07) is 15.4. The van der Waals surface area contributed by atoms with Gasteiger partial charge in [0.2, 0.25) is 5.84 Å². The maximum absolute atomic E-state index is 14.9. The lowest BCUT2D eigenvalue weighted by Gasteiger charge is -2.44. The van der Waals surface area contributed by atoms with Crippen molar-refractivity contribution in [1.29, 1.82) is 0 Å². The minimum Gasteiger partial charge on any atom is -0.444 e. The lowest BCUT2D eigenvalue weighted by molar-refractivity contribution is 0.000504. The lowest BCUT2D eigenvalue weighted by atomic mass is 10.0. The Bertz CT molecular complexity index is 1560. The molecule has 0 bridgehead atoms. The van der Waals surface area contributed by atoms with Crippen LogP contribution >= 0.6 is 11.6 Å². The number of nitrogens with one attached hydrogen (secondary N) is 1. The fourth-order valence-corrected chi connectivity index (χ4v) is 5.40. The van der Waals surface area contributed by atoms with Crippen LogP contribution in [0.1, 0.15) is 65.5 Å². The number of anilines is 2. The minimum atomic E-state index is -0.622. The van der Waals surface area contributed by atoms with Crippen molar-refractivity contribution >= 4 is 35.0 Å². The Labute approximate surface area is 258 Å². The first-order valence-electron chi connectivity index (χ1n) is 14.3. The molecule has 0 saturated carbocycles. The SMILES string of the molecule is [C-]#[N+]/N=C(/c1cc(Cl)c(-c2ccccc2F)nc1Nc1ccccc1C(C)C)N1C[C@@H](C)N(C(=O)OC(C)(C)C)C[C@@H]1C. The number of ether oxygens (including phenoxy) is 1. The normalized spacial score (nSPS) is 17.6. The second-order valence-electron chi connectivity index (χ2n) is 12.1. The number of carbonyl (C=O) groups is 1. The number of hydrogen-bond donors (Lipinski definition) is 1. The Hall–Kier alpha value is -4.16. The van der Waals surface area contributed by atoms with Gasteiger partial charge in [0.1, 0.15) is 22.3 Å². The van der Waals surface area contributed by atoms with Crippen molar-refractivity contribution in [2.24, 2.45) is 5.10 Å². The van der Waals surface area contributed by atoms with Gasteiger partial charge in [-0.05, 0) is 70.4 Å². The first-order chi connectivity index (χ1) is 20.3. The van der Waals surface area contributed by atoms with Crippen molar-refractivity contribution in [1.82, 2.24) is 14.8 Å². The Morgan fingerprint density at radius 3 is 2.40 bits per heavy atom. The van der Waals surface area contributed by atoms with Crippen molar-refractivity contribution in [2.45, 2.75) is 72.1 Å². The van der Waals surface area contributed by atoms with Crippen LogP contribution in [-0.2, 0) is 4.74 Å². The van der Waals surface area contributed by atoms with Gasteiger partial charge in [-0.3, -0.25) is 0 Å². The van der Waals surface area contributed by atoms with Crippen LogP contribution in [0, 0.1) is 12.4 Å². The number of carbonyl (C=O) groups excluding carboxylic acids is 1. The number of rotatable bonds is 5. The van der Waals surface area contributed by atoms with E-state index in [2.05, 4.69) is 29.2 Å². The highest BCUT2D eigenvalue weighted by molar-refractivity contribution is 6.33. The van der Waals surface area contributed by atoms with Gasteiger partial charge < -0.3 is 19.9 Å². The highest BCUT2D eigenvalue weighted by Gasteiger charge is 2.38. The van der Waals surface area contributed by atoms with Gasteiger partial charge >= 0.3 is 6.09 Å². The van der Waals surface area contributed by atoms with Crippen LogP contribution in [0.25, 0.3) is 16.2 Å². The van der Waals surface area contributed by atoms with E-state index in [-0.39, 0.29) is 40.4 Å². The smallest absolute Gasteiger partial charge is 0.410 e. The molecule has 4 rings (SSSR count). The Kier molecular flexibility index (Phi) is 9.61. The summed E-state index contributed by atoms with van der Waals surface area (Å²) >= 11 is 6.79. The third kappa shape index (κ3) is 7.26. The maximum Gasteiger partial charge on any atom is 0.410 e. The molecule has 1 N–H and O–H groups in total. The van der Waals surface area contributed by atoms with E-state index < -0.39 is 11.4 Å². The molecule has 10 heteroatoms. The average molecular weight is 605 g/mol. The van der Waals surface area contributed by atoms with E-state index in [1.54, 1.807) is 29.2 Å². The molecule has 0 radical (unpaired) electrons. The van der Waals surface area contributed by atoms with Gasteiger partial charge in [-0.15, -0.1) is 4.95 Å². The quantitative estimate of drug-likeness (QED) is 0.137. The molecular formula is C33H38ClFN6O2. The molecule has 1 aliphatic rings. The summed E-state index contributed by atoms with van der Waals surface area (Å²) < 4.78 is 20.6. The van der Waals surface area contributed by atoms with Crippen LogP contribution in [0.2, 0.25) is 5.02 Å². The summed E-state index contributed by atoms with van der Waals surface area (Å²) in [5.74, 6) is 0.502. The minimum absolute atomic E-state index is 0.212. The number of para-hydroxylation sites is 1. The molecule has 0 aliphatic carbocycles. The molecule has 2 aromatic carbocycles. The van der Waals surface area contributed by atoms with E-state index in [1.807, 2.05) is 63.8 Å². The van der Waals surface area contributed by atoms with Crippen molar-refractivity contribution in [3.8, 4) is 11.3 Å². The number of nitrogens with zero attached hydrogens (tertiary/aromatic N) is 5. The fraction of sp³-hybridized carbons (Fsp3) is 0.394. The van der Waals surface area contributed by atoms with Crippen LogP contribution in [0.15, 0.2) is 59.7 Å². The third-order valence-corrected chi connectivity index (χ3v) is 7.50. The highest BCUT2D eigenvalue weighted by atomic mass is 35.5. The predicted octanol–water partition coefficient (Wildman–Crippen LogP) is 8.32. The number of pyridine rings is 1. The molecule has 43 heavy (non-hydrogen) atoms. The number of aromatic nitrogens is 1. The Balaban J connectivity index is 1.82. The van der Waals surface area contributed by atoms with Crippen LogP contribution in [0.3, 0.4) is 0 Å². The zero-order chi connectivity index (χ0) is 31.5. The molecule has 1 saturated heterocycles. The Morgan fingerprint density at radius 1 is 1.12 bits per heavy atom. The average Bonchev–Trinajstić information content (AvgIpc) is 2.93. The van der Waals surface area contributed by atoms with E-state index in [4.69, 9.17) is 27.9 Å². The first kappa shape index (κ1) is 31.8. The van der Waals surface area contributed by atoms with Gasteiger partial charge in [0.25, 0.3) is 0 Å². The lowest BCUT2D eigenvalue weighted by Crippen LogP contribution is -2.60. The standard InChI is InChI=1S/C33H38ClFN6O2/c1-20(2)23-13-10-12-16-28(23)37-30-25(17-26(34)29(38-30)24-14-9-11-15-27(24)35)31(39-36-8)40-18-22(4)41(19-21(40)3)32(42)43-33(5,6)7/h9-17,20-22H,18-19H2,1-7H3,(H,37,38)/b39-31-/t21-,22+/m0/s1. The van der Waals surface area contributed by atoms with Gasteiger partial charge in [0.05, 0.1) is 16.3 Å². The second kappa shape index (κ2) is 13.0. The number of amidine groups is 1. The number of halogens is 2. The number of piperazine rings is 1. The predicted molar refractivity (Wildman–Crippen MR) is 170 cm³/mol. The van der Waals surface area contributed by atoms with Crippen molar-refractivity contribution in [3.05, 3.63) is 88.1 Å². The van der Waals surface area contributed by atoms with E-state index in [1.165, 1.54) is 6.07 Å². The van der Waals surface area contributed by atoms with E-state index in [0.717, 1.165) is 11.3 Å². The summed E-state index contributed by atoms with van der Waals surface area (Å²) in [6.07, 6.45) is -0.387. The van der Waals surface area contributed by atoms with Gasteiger partial charge in [-0.25, -0.2) is 14.2 Å². The van der Waals surface area contributed by atoms with Crippen LogP contribution < -0.4 is 5.32 Å². The molecule has 0 spiro atoms. The summed E-state index contributed by atoms with van der Waals surface area (Å²) in [5.41, 5.74) is 2.29. The first-order valence-corrected chi connectivity index (χ1v) is 14.7. The summed E-state index contributed by atoms with van der Waals surface area (Å²) in [6.45, 7) is 22.0. The van der Waals surface area contributed by atoms with Gasteiger partial charge in [0.15, 0.2) is 0 Å². The second-order valence-corrected chi connectivity index (χ2v) is 12.5. The summed E-state index contributed by atoms with van der Waals surface area (Å²) in [7, 11) is 0. The number of amides is 1. The van der Waals surface area contributed by atoms with Gasteiger partial charge in [-0.1, -0.05) is 55.8 Å². The van der Waals surface area contributed by atoms with E-state index in [0.29, 0.717) is 30.3 Å². The zero-order valence-corrected chi connectivity index (χ0v) is 26.4. The number of hydrogen-bond acceptors (Lipinski definition) is 5. The summed E-state index contributed by atoms with van der Waals surface area (Å²) in [4.78, 5) is 24.9. The van der Waals surface area contributed by atoms with Crippen LogP contribution in [0.4, 0.5) is 20.7 Å². The van der Waals surface area contributed by atoms with Crippen LogP contribution in [-0.4, -0.2) is 57.5 Å². The molecule has 1 aliphatic heterocycles. The molecular weight excluding hydrogens is 567 g/mol. The summed E-state index contributed by atoms with van der Waals surface area (Å²) in [5, 5.41) is 7.91. The fourth-order valence-electron chi connectivity index (χ4n) is 5.15. The number of benzene rings is 2. The van der Waals surface area contributed by atoms with Gasteiger partial charge in [0, 0.05) is 36.4 Å². The highest BCUT2D eigenvalue weighted by Crippen LogP contribution is 2.36. The van der Waals surface area contributed by atoms with Gasteiger partial charge in [-0.2, -0.15) is 6.57 Å². The molecule has 0 unspecified atom stereocenters. The molecule has 8 nitrogen and oxygen atoms in total. The molecule has 3 aromatic rings. The molecule has 2 heterocycles. The monoisotopic (exact) mass is 604 g/mol. The molecule has 1 amide bonds. The van der Waals surface area contributed by atoms with E-state index in [9.17, 15) is 9.18 Å². The van der Waals surface area contributed by atoms with E-state index >= 15 is 0 Å². The molecule has 1 aromatic heterocycles. The Morgan fingerprint density at radius 2 is 1.74 bits per heavy atom. The topological polar surface area (TPSA) is 74.4 Å².